The van der Waals surface area contributed by atoms with Gasteiger partial charge < -0.3 is 14.6 Å². The second-order valence-electron chi connectivity index (χ2n) is 3.99. The Hall–Kier alpha value is -1.39. The highest BCUT2D eigenvalue weighted by Crippen LogP contribution is 2.22. The molecule has 17 heavy (non-hydrogen) atoms. The van der Waals surface area contributed by atoms with Crippen molar-refractivity contribution in [1.82, 2.24) is 0 Å². The van der Waals surface area contributed by atoms with Crippen molar-refractivity contribution in [2.45, 2.75) is 26.1 Å². The molecule has 0 saturated heterocycles. The summed E-state index contributed by atoms with van der Waals surface area (Å²) >= 11 is 0. The highest BCUT2D eigenvalue weighted by molar-refractivity contribution is 5.76. The first-order valence-corrected chi connectivity index (χ1v) is 5.76. The Morgan fingerprint density at radius 1 is 1.53 bits per heavy atom. The summed E-state index contributed by atoms with van der Waals surface area (Å²) in [5, 5.41) is 9.81. The summed E-state index contributed by atoms with van der Waals surface area (Å²) in [6.45, 7) is 3.25. The normalized spacial score (nSPS) is 16.1. The zero-order valence-corrected chi connectivity index (χ0v) is 9.81. The molecule has 2 rings (SSSR count). The molecule has 92 valence electrons. The van der Waals surface area contributed by atoms with Crippen molar-refractivity contribution >= 4 is 5.97 Å². The van der Waals surface area contributed by atoms with Crippen LogP contribution in [0.25, 0.3) is 0 Å². The molecule has 0 bridgehead atoms. The fraction of sp³-hybridized carbons (Fsp3) is 0.462. The Morgan fingerprint density at radius 3 is 3.12 bits per heavy atom. The second kappa shape index (κ2) is 5.29. The van der Waals surface area contributed by atoms with Crippen LogP contribution in [0.3, 0.4) is 0 Å². The molecule has 0 radical (unpaired) electrons. The van der Waals surface area contributed by atoms with Crippen molar-refractivity contribution in [3.05, 3.63) is 34.9 Å². The number of carbonyl (C=O) groups excluding carboxylic acids is 1. The number of esters is 1. The van der Waals surface area contributed by atoms with Gasteiger partial charge in [-0.05, 0) is 30.0 Å². The van der Waals surface area contributed by atoms with E-state index in [-0.39, 0.29) is 6.61 Å². The van der Waals surface area contributed by atoms with Gasteiger partial charge in [0.2, 0.25) is 0 Å². The molecule has 4 nitrogen and oxygen atoms in total. The van der Waals surface area contributed by atoms with Crippen LogP contribution < -0.4 is 0 Å². The molecular formula is C13H16O4. The first-order valence-electron chi connectivity index (χ1n) is 5.76. The Labute approximate surface area is 100 Å². The molecule has 0 spiro atoms. The van der Waals surface area contributed by atoms with Crippen molar-refractivity contribution in [3.8, 4) is 0 Å². The van der Waals surface area contributed by atoms with Gasteiger partial charge in [-0.15, -0.1) is 0 Å². The molecule has 0 amide bonds. The van der Waals surface area contributed by atoms with Crippen molar-refractivity contribution in [2.75, 3.05) is 13.2 Å². The summed E-state index contributed by atoms with van der Waals surface area (Å²) in [6, 6.07) is 5.53. The lowest BCUT2D eigenvalue weighted by Crippen LogP contribution is -2.17. The molecule has 0 aliphatic carbocycles. The Bertz CT molecular complexity index is 414. The minimum absolute atomic E-state index is 0.268. The van der Waals surface area contributed by atoms with E-state index in [2.05, 4.69) is 0 Å². The molecule has 1 aromatic rings. The summed E-state index contributed by atoms with van der Waals surface area (Å²) in [5.74, 6) is -0.607. The van der Waals surface area contributed by atoms with Gasteiger partial charge in [-0.3, -0.25) is 0 Å². The molecule has 1 unspecified atom stereocenters. The van der Waals surface area contributed by atoms with Crippen LogP contribution >= 0.6 is 0 Å². The third-order valence-electron chi connectivity index (χ3n) is 2.83. The summed E-state index contributed by atoms with van der Waals surface area (Å²) in [4.78, 5) is 11.4. The van der Waals surface area contributed by atoms with Crippen LogP contribution in [0.1, 0.15) is 29.7 Å². The lowest BCUT2D eigenvalue weighted by Gasteiger charge is -2.18. The standard InChI is InChI=1S/C13H16O4/c1-2-17-13(15)12(14)10-4-3-9-5-6-16-8-11(9)7-10/h3-4,7,12,14H,2,5-6,8H2,1H3. The highest BCUT2D eigenvalue weighted by Gasteiger charge is 2.20. The van der Waals surface area contributed by atoms with E-state index in [0.717, 1.165) is 18.6 Å². The number of benzene rings is 1. The predicted octanol–water partition coefficient (Wildman–Crippen LogP) is 1.36. The number of fused-ring (bicyclic) bond motifs is 1. The number of ether oxygens (including phenoxy) is 2. The maximum Gasteiger partial charge on any atom is 0.339 e. The molecule has 0 fully saturated rings. The zero-order chi connectivity index (χ0) is 12.3. The zero-order valence-electron chi connectivity index (χ0n) is 9.81. The minimum Gasteiger partial charge on any atom is -0.464 e. The Balaban J connectivity index is 2.18. The monoisotopic (exact) mass is 236 g/mol. The van der Waals surface area contributed by atoms with E-state index in [1.165, 1.54) is 5.56 Å². The third kappa shape index (κ3) is 2.65. The number of hydrogen-bond donors (Lipinski definition) is 1. The molecule has 0 saturated carbocycles. The van der Waals surface area contributed by atoms with Crippen LogP contribution in [0.15, 0.2) is 18.2 Å². The molecule has 1 aromatic carbocycles. The van der Waals surface area contributed by atoms with Crippen molar-refractivity contribution < 1.29 is 19.4 Å². The highest BCUT2D eigenvalue weighted by atomic mass is 16.5. The largest absolute Gasteiger partial charge is 0.464 e. The topological polar surface area (TPSA) is 55.8 Å². The van der Waals surface area contributed by atoms with Crippen LogP contribution in [-0.4, -0.2) is 24.3 Å². The molecule has 1 N–H and O–H groups in total. The fourth-order valence-electron chi connectivity index (χ4n) is 1.92. The number of aliphatic hydroxyl groups excluding tert-OH is 1. The second-order valence-corrected chi connectivity index (χ2v) is 3.99. The number of aliphatic hydroxyl groups is 1. The lowest BCUT2D eigenvalue weighted by molar-refractivity contribution is -0.153. The summed E-state index contributed by atoms with van der Waals surface area (Å²) in [6.07, 6.45) is -0.326. The van der Waals surface area contributed by atoms with E-state index in [4.69, 9.17) is 9.47 Å². The number of rotatable bonds is 3. The van der Waals surface area contributed by atoms with Gasteiger partial charge in [0.25, 0.3) is 0 Å². The van der Waals surface area contributed by atoms with Crippen LogP contribution in [-0.2, 0) is 27.3 Å². The third-order valence-corrected chi connectivity index (χ3v) is 2.83. The van der Waals surface area contributed by atoms with Crippen LogP contribution in [0.5, 0.6) is 0 Å². The van der Waals surface area contributed by atoms with Gasteiger partial charge in [-0.2, -0.15) is 0 Å². The minimum atomic E-state index is -1.21. The van der Waals surface area contributed by atoms with E-state index in [1.807, 2.05) is 12.1 Å². The van der Waals surface area contributed by atoms with Gasteiger partial charge >= 0.3 is 5.97 Å². The lowest BCUT2D eigenvalue weighted by atomic mass is 9.98. The average molecular weight is 236 g/mol. The van der Waals surface area contributed by atoms with E-state index in [9.17, 15) is 9.90 Å². The fourth-order valence-corrected chi connectivity index (χ4v) is 1.92. The van der Waals surface area contributed by atoms with Gasteiger partial charge in [-0.25, -0.2) is 4.79 Å². The van der Waals surface area contributed by atoms with E-state index in [0.29, 0.717) is 12.2 Å². The van der Waals surface area contributed by atoms with Crippen molar-refractivity contribution in [1.29, 1.82) is 0 Å². The van der Waals surface area contributed by atoms with E-state index >= 15 is 0 Å². The van der Waals surface area contributed by atoms with Gasteiger partial charge in [0.05, 0.1) is 19.8 Å². The first-order chi connectivity index (χ1) is 8.22. The van der Waals surface area contributed by atoms with Gasteiger partial charge in [-0.1, -0.05) is 18.2 Å². The summed E-state index contributed by atoms with van der Waals surface area (Å²) < 4.78 is 10.1. The van der Waals surface area contributed by atoms with Crippen LogP contribution in [0.4, 0.5) is 0 Å². The quantitative estimate of drug-likeness (QED) is 0.805. The predicted molar refractivity (Wildman–Crippen MR) is 61.4 cm³/mol. The van der Waals surface area contributed by atoms with E-state index in [1.54, 1.807) is 13.0 Å². The number of hydrogen-bond acceptors (Lipinski definition) is 4. The Morgan fingerprint density at radius 2 is 2.35 bits per heavy atom. The van der Waals surface area contributed by atoms with Crippen molar-refractivity contribution in [3.63, 3.8) is 0 Å². The Kier molecular flexibility index (Phi) is 3.76. The average Bonchev–Trinajstić information content (AvgIpc) is 2.37. The summed E-state index contributed by atoms with van der Waals surface area (Å²) in [5.41, 5.74) is 2.82. The smallest absolute Gasteiger partial charge is 0.339 e. The van der Waals surface area contributed by atoms with Gasteiger partial charge in [0, 0.05) is 0 Å². The number of carbonyl (C=O) groups is 1. The van der Waals surface area contributed by atoms with Crippen molar-refractivity contribution in [2.24, 2.45) is 0 Å². The molecule has 0 aromatic heterocycles. The first kappa shape index (κ1) is 12.1. The van der Waals surface area contributed by atoms with Gasteiger partial charge in [0.15, 0.2) is 6.10 Å². The summed E-state index contributed by atoms with van der Waals surface area (Å²) in [7, 11) is 0. The molecular weight excluding hydrogens is 220 g/mol. The molecule has 1 aliphatic heterocycles. The maximum absolute atomic E-state index is 11.4. The molecule has 1 heterocycles. The van der Waals surface area contributed by atoms with Gasteiger partial charge in [0.1, 0.15) is 0 Å². The molecule has 4 heteroatoms. The van der Waals surface area contributed by atoms with E-state index < -0.39 is 12.1 Å². The molecule has 1 atom stereocenters. The van der Waals surface area contributed by atoms with Crippen LogP contribution in [0.2, 0.25) is 0 Å². The maximum atomic E-state index is 11.4. The SMILES string of the molecule is CCOC(=O)C(O)c1ccc2c(c1)COCC2. The molecule has 1 aliphatic rings. The van der Waals surface area contributed by atoms with Crippen LogP contribution in [0, 0.1) is 0 Å².